The van der Waals surface area contributed by atoms with Crippen LogP contribution in [-0.2, 0) is 6.42 Å². The van der Waals surface area contributed by atoms with Crippen LogP contribution in [0.3, 0.4) is 0 Å². The van der Waals surface area contributed by atoms with Gasteiger partial charge in [-0.2, -0.15) is 0 Å². The van der Waals surface area contributed by atoms with Gasteiger partial charge < -0.3 is 5.32 Å². The van der Waals surface area contributed by atoms with Crippen molar-refractivity contribution in [2.24, 2.45) is 11.8 Å². The minimum atomic E-state index is -0.177. The molecule has 106 valence electrons. The molecule has 0 bridgehead atoms. The Morgan fingerprint density at radius 1 is 1.37 bits per heavy atom. The lowest BCUT2D eigenvalue weighted by atomic mass is 9.76. The first kappa shape index (κ1) is 15.0. The summed E-state index contributed by atoms with van der Waals surface area (Å²) in [4.78, 5) is 0. The standard InChI is InChI=1S/C16H23BrFN/c1-3-19-16-7-4-11(2)8-13(16)9-12-5-6-15(18)14(17)10-12/h5-6,10-11,13,16,19H,3-4,7-9H2,1-2H3. The van der Waals surface area contributed by atoms with Crippen molar-refractivity contribution in [2.45, 2.75) is 45.6 Å². The third-order valence-electron chi connectivity index (χ3n) is 4.19. The number of hydrogen-bond donors (Lipinski definition) is 1. The van der Waals surface area contributed by atoms with E-state index < -0.39 is 0 Å². The van der Waals surface area contributed by atoms with Gasteiger partial charge in [0.2, 0.25) is 0 Å². The van der Waals surface area contributed by atoms with E-state index in [1.165, 1.54) is 24.8 Å². The fraction of sp³-hybridized carbons (Fsp3) is 0.625. The molecule has 1 fully saturated rings. The number of nitrogens with one attached hydrogen (secondary N) is 1. The second kappa shape index (κ2) is 6.85. The summed E-state index contributed by atoms with van der Waals surface area (Å²) in [6.45, 7) is 5.54. The summed E-state index contributed by atoms with van der Waals surface area (Å²) in [6.07, 6.45) is 4.90. The number of halogens is 2. The molecule has 0 spiro atoms. The van der Waals surface area contributed by atoms with Gasteiger partial charge in [0, 0.05) is 6.04 Å². The van der Waals surface area contributed by atoms with Crippen molar-refractivity contribution in [1.82, 2.24) is 5.32 Å². The molecule has 0 radical (unpaired) electrons. The summed E-state index contributed by atoms with van der Waals surface area (Å²) < 4.78 is 13.9. The monoisotopic (exact) mass is 327 g/mol. The Hall–Kier alpha value is -0.410. The molecule has 1 nitrogen and oxygen atoms in total. The van der Waals surface area contributed by atoms with Gasteiger partial charge in [0.1, 0.15) is 5.82 Å². The molecule has 0 saturated heterocycles. The zero-order valence-electron chi connectivity index (χ0n) is 11.8. The van der Waals surface area contributed by atoms with E-state index in [9.17, 15) is 4.39 Å². The van der Waals surface area contributed by atoms with Gasteiger partial charge in [-0.3, -0.25) is 0 Å². The highest BCUT2D eigenvalue weighted by Crippen LogP contribution is 2.32. The fourth-order valence-electron chi connectivity index (χ4n) is 3.22. The van der Waals surface area contributed by atoms with E-state index in [0.29, 0.717) is 16.4 Å². The average Bonchev–Trinajstić information content (AvgIpc) is 2.37. The molecule has 2 rings (SSSR count). The predicted octanol–water partition coefficient (Wildman–Crippen LogP) is 4.55. The summed E-state index contributed by atoms with van der Waals surface area (Å²) in [5, 5.41) is 3.62. The Morgan fingerprint density at radius 3 is 2.84 bits per heavy atom. The molecule has 1 saturated carbocycles. The van der Waals surface area contributed by atoms with Crippen LogP contribution in [0.4, 0.5) is 4.39 Å². The molecule has 1 aliphatic carbocycles. The first-order valence-electron chi connectivity index (χ1n) is 7.27. The maximum atomic E-state index is 13.3. The molecule has 3 atom stereocenters. The van der Waals surface area contributed by atoms with Crippen LogP contribution in [0, 0.1) is 17.7 Å². The fourth-order valence-corrected chi connectivity index (χ4v) is 3.65. The zero-order valence-corrected chi connectivity index (χ0v) is 13.3. The van der Waals surface area contributed by atoms with Crippen LogP contribution in [0.25, 0.3) is 0 Å². The quantitative estimate of drug-likeness (QED) is 0.855. The van der Waals surface area contributed by atoms with Crippen LogP contribution in [0.5, 0.6) is 0 Å². The van der Waals surface area contributed by atoms with Crippen LogP contribution >= 0.6 is 15.9 Å². The van der Waals surface area contributed by atoms with E-state index in [1.54, 1.807) is 6.07 Å². The highest BCUT2D eigenvalue weighted by molar-refractivity contribution is 9.10. The van der Waals surface area contributed by atoms with Crippen LogP contribution in [-0.4, -0.2) is 12.6 Å². The number of hydrogen-bond acceptors (Lipinski definition) is 1. The van der Waals surface area contributed by atoms with Crippen molar-refractivity contribution in [3.63, 3.8) is 0 Å². The Bertz CT molecular complexity index is 421. The van der Waals surface area contributed by atoms with Crippen molar-refractivity contribution in [3.05, 3.63) is 34.1 Å². The van der Waals surface area contributed by atoms with E-state index >= 15 is 0 Å². The molecular weight excluding hydrogens is 305 g/mol. The Kier molecular flexibility index (Phi) is 5.40. The Morgan fingerprint density at radius 2 is 2.16 bits per heavy atom. The number of rotatable bonds is 4. The van der Waals surface area contributed by atoms with Gasteiger partial charge >= 0.3 is 0 Å². The predicted molar refractivity (Wildman–Crippen MR) is 81.8 cm³/mol. The summed E-state index contributed by atoms with van der Waals surface area (Å²) in [7, 11) is 0. The molecule has 1 aliphatic rings. The molecule has 0 aliphatic heterocycles. The molecular formula is C16H23BrFN. The molecule has 0 aromatic heterocycles. The third kappa shape index (κ3) is 4.03. The van der Waals surface area contributed by atoms with Crippen LogP contribution in [0.1, 0.15) is 38.7 Å². The summed E-state index contributed by atoms with van der Waals surface area (Å²) in [6, 6.07) is 6.03. The Labute approximate surface area is 124 Å². The van der Waals surface area contributed by atoms with Gasteiger partial charge in [0.25, 0.3) is 0 Å². The maximum Gasteiger partial charge on any atom is 0.137 e. The van der Waals surface area contributed by atoms with Gasteiger partial charge in [-0.05, 0) is 77.7 Å². The lowest BCUT2D eigenvalue weighted by Crippen LogP contribution is -2.41. The van der Waals surface area contributed by atoms with Crippen molar-refractivity contribution < 1.29 is 4.39 Å². The van der Waals surface area contributed by atoms with Gasteiger partial charge in [-0.15, -0.1) is 0 Å². The third-order valence-corrected chi connectivity index (χ3v) is 4.80. The molecule has 1 aromatic rings. The van der Waals surface area contributed by atoms with E-state index in [4.69, 9.17) is 0 Å². The van der Waals surface area contributed by atoms with Crippen molar-refractivity contribution in [2.75, 3.05) is 6.54 Å². The highest BCUT2D eigenvalue weighted by Gasteiger charge is 2.28. The summed E-state index contributed by atoms with van der Waals surface area (Å²) >= 11 is 3.28. The van der Waals surface area contributed by atoms with Gasteiger partial charge in [0.15, 0.2) is 0 Å². The van der Waals surface area contributed by atoms with Gasteiger partial charge in [-0.1, -0.05) is 19.9 Å². The largest absolute Gasteiger partial charge is 0.314 e. The normalized spacial score (nSPS) is 27.5. The van der Waals surface area contributed by atoms with Crippen LogP contribution < -0.4 is 5.32 Å². The van der Waals surface area contributed by atoms with E-state index in [1.807, 2.05) is 12.1 Å². The lowest BCUT2D eigenvalue weighted by Gasteiger charge is -2.35. The van der Waals surface area contributed by atoms with Crippen molar-refractivity contribution in [3.8, 4) is 0 Å². The smallest absolute Gasteiger partial charge is 0.137 e. The van der Waals surface area contributed by atoms with E-state index in [0.717, 1.165) is 18.9 Å². The van der Waals surface area contributed by atoms with Gasteiger partial charge in [-0.25, -0.2) is 4.39 Å². The lowest BCUT2D eigenvalue weighted by molar-refractivity contribution is 0.214. The second-order valence-electron chi connectivity index (χ2n) is 5.80. The zero-order chi connectivity index (χ0) is 13.8. The molecule has 3 unspecified atom stereocenters. The maximum absolute atomic E-state index is 13.3. The average molecular weight is 328 g/mol. The van der Waals surface area contributed by atoms with Crippen molar-refractivity contribution >= 4 is 15.9 Å². The molecule has 0 amide bonds. The van der Waals surface area contributed by atoms with E-state index in [-0.39, 0.29) is 5.82 Å². The highest BCUT2D eigenvalue weighted by atomic mass is 79.9. The molecule has 1 aromatic carbocycles. The minimum absolute atomic E-state index is 0.177. The molecule has 19 heavy (non-hydrogen) atoms. The SMILES string of the molecule is CCNC1CCC(C)CC1Cc1ccc(F)c(Br)c1. The second-order valence-corrected chi connectivity index (χ2v) is 6.65. The topological polar surface area (TPSA) is 12.0 Å². The first-order chi connectivity index (χ1) is 9.10. The van der Waals surface area contributed by atoms with E-state index in [2.05, 4.69) is 35.1 Å². The Balaban J connectivity index is 2.07. The van der Waals surface area contributed by atoms with Crippen LogP contribution in [0.2, 0.25) is 0 Å². The summed E-state index contributed by atoms with van der Waals surface area (Å²) in [5.41, 5.74) is 1.23. The summed E-state index contributed by atoms with van der Waals surface area (Å²) in [5.74, 6) is 1.30. The van der Waals surface area contributed by atoms with Gasteiger partial charge in [0.05, 0.1) is 4.47 Å². The minimum Gasteiger partial charge on any atom is -0.314 e. The molecule has 1 N–H and O–H groups in total. The van der Waals surface area contributed by atoms with Crippen molar-refractivity contribution in [1.29, 1.82) is 0 Å². The first-order valence-corrected chi connectivity index (χ1v) is 8.06. The molecule has 3 heteroatoms. The molecule has 0 heterocycles. The number of benzene rings is 1. The van der Waals surface area contributed by atoms with Crippen LogP contribution in [0.15, 0.2) is 22.7 Å².